The van der Waals surface area contributed by atoms with Gasteiger partial charge in [0.2, 0.25) is 0 Å². The molecule has 0 aliphatic carbocycles. The van der Waals surface area contributed by atoms with Crippen molar-refractivity contribution >= 4 is 33.7 Å². The third-order valence-electron chi connectivity index (χ3n) is 7.08. The molecule has 6 heterocycles. The van der Waals surface area contributed by atoms with Gasteiger partial charge in [0.05, 0.1) is 29.8 Å². The Morgan fingerprint density at radius 3 is 2.71 bits per heavy atom. The average molecular weight is 504 g/mol. The van der Waals surface area contributed by atoms with Gasteiger partial charge >= 0.3 is 0 Å². The number of benzene rings is 1. The number of nitrogens with one attached hydrogen (secondary N) is 1. The number of halogens is 1. The van der Waals surface area contributed by atoms with E-state index in [1.165, 1.54) is 6.20 Å². The van der Waals surface area contributed by atoms with Gasteiger partial charge in [0.1, 0.15) is 17.3 Å². The maximum Gasteiger partial charge on any atom is 0.259 e. The fourth-order valence-electron chi connectivity index (χ4n) is 5.26. The van der Waals surface area contributed by atoms with Crippen molar-refractivity contribution < 1.29 is 9.18 Å². The number of carbonyl (C=O) groups is 1. The first-order valence-electron chi connectivity index (χ1n) is 12.4. The Labute approximate surface area is 216 Å². The fraction of sp³-hybridized carbons (Fsp3) is 0.138. The van der Waals surface area contributed by atoms with Crippen LogP contribution in [0.5, 0.6) is 0 Å². The van der Waals surface area contributed by atoms with Crippen LogP contribution in [0.2, 0.25) is 0 Å². The lowest BCUT2D eigenvalue weighted by Crippen LogP contribution is -2.36. The predicted octanol–water partition coefficient (Wildman–Crippen LogP) is 5.31. The number of pyridine rings is 3. The van der Waals surface area contributed by atoms with E-state index in [1.54, 1.807) is 52.4 Å². The first kappa shape index (κ1) is 22.3. The number of rotatable bonds is 3. The van der Waals surface area contributed by atoms with Crippen molar-refractivity contribution in [2.45, 2.75) is 12.8 Å². The number of hydrogen-bond donors (Lipinski definition) is 1. The van der Waals surface area contributed by atoms with Gasteiger partial charge in [0, 0.05) is 53.4 Å². The Morgan fingerprint density at radius 2 is 1.89 bits per heavy atom. The highest BCUT2D eigenvalue weighted by Gasteiger charge is 2.25. The molecule has 0 saturated heterocycles. The van der Waals surface area contributed by atoms with Crippen LogP contribution in [-0.4, -0.2) is 42.2 Å². The van der Waals surface area contributed by atoms with Crippen molar-refractivity contribution in [3.05, 3.63) is 90.4 Å². The lowest BCUT2D eigenvalue weighted by atomic mass is 9.99. The number of amides is 1. The minimum absolute atomic E-state index is 0.115. The second-order valence-electron chi connectivity index (χ2n) is 9.47. The number of fused-ring (bicyclic) bond motifs is 4. The standard InChI is InChI=1S/C29H22FN7O/c1-36-16-20(13-34-36)23-12-21-24(15-32-23)35-27-26(21)25(22(30)14-33-27)17-6-8-19(9-7-17)29(38)37-11-3-5-18-4-2-10-31-28(18)37/h2,4,6-10,12-16H,3,5,11H2,1H3,(H,33,35). The van der Waals surface area contributed by atoms with Crippen LogP contribution in [0.25, 0.3) is 44.3 Å². The smallest absolute Gasteiger partial charge is 0.259 e. The van der Waals surface area contributed by atoms with E-state index in [-0.39, 0.29) is 5.91 Å². The summed E-state index contributed by atoms with van der Waals surface area (Å²) in [6, 6.07) is 12.9. The summed E-state index contributed by atoms with van der Waals surface area (Å²) in [5.74, 6) is 0.161. The molecule has 7 rings (SSSR count). The maximum absolute atomic E-state index is 15.4. The Kier molecular flexibility index (Phi) is 5.04. The number of H-pyrrole nitrogens is 1. The summed E-state index contributed by atoms with van der Waals surface area (Å²) in [6.07, 6.45) is 10.1. The molecule has 0 saturated carbocycles. The van der Waals surface area contributed by atoms with Crippen molar-refractivity contribution in [3.63, 3.8) is 0 Å². The minimum Gasteiger partial charge on any atom is -0.338 e. The van der Waals surface area contributed by atoms with E-state index in [2.05, 4.69) is 25.0 Å². The molecule has 0 bridgehead atoms. The SMILES string of the molecule is Cn1cc(-c2cc3c(cn2)[nH]c2ncc(F)c(-c4ccc(C(=O)N5CCCc6cccnc65)cc4)c23)cn1. The van der Waals surface area contributed by atoms with E-state index < -0.39 is 5.82 Å². The molecule has 186 valence electrons. The van der Waals surface area contributed by atoms with Crippen LogP contribution in [0, 0.1) is 5.82 Å². The second kappa shape index (κ2) is 8.58. The molecule has 6 aromatic rings. The maximum atomic E-state index is 15.4. The lowest BCUT2D eigenvalue weighted by Gasteiger charge is -2.28. The van der Waals surface area contributed by atoms with Crippen molar-refractivity contribution in [2.24, 2.45) is 7.05 Å². The van der Waals surface area contributed by atoms with E-state index in [0.29, 0.717) is 40.1 Å². The van der Waals surface area contributed by atoms with Gasteiger partial charge in [-0.25, -0.2) is 14.4 Å². The van der Waals surface area contributed by atoms with Gasteiger partial charge in [0.15, 0.2) is 0 Å². The molecule has 1 aromatic carbocycles. The summed E-state index contributed by atoms with van der Waals surface area (Å²) in [4.78, 5) is 31.7. The van der Waals surface area contributed by atoms with Crippen molar-refractivity contribution in [2.75, 3.05) is 11.4 Å². The number of anilines is 1. The third kappa shape index (κ3) is 3.54. The van der Waals surface area contributed by atoms with Gasteiger partial charge in [-0.2, -0.15) is 5.10 Å². The number of carbonyl (C=O) groups excluding carboxylic acids is 1. The van der Waals surface area contributed by atoms with Crippen LogP contribution in [0.15, 0.2) is 73.4 Å². The highest BCUT2D eigenvalue weighted by Crippen LogP contribution is 2.37. The van der Waals surface area contributed by atoms with Crippen LogP contribution in [-0.2, 0) is 13.5 Å². The van der Waals surface area contributed by atoms with E-state index in [0.717, 1.165) is 40.6 Å². The van der Waals surface area contributed by atoms with Gasteiger partial charge < -0.3 is 4.98 Å². The van der Waals surface area contributed by atoms with E-state index in [1.807, 2.05) is 31.4 Å². The molecule has 1 amide bonds. The molecule has 1 N–H and O–H groups in total. The summed E-state index contributed by atoms with van der Waals surface area (Å²) < 4.78 is 17.1. The molecule has 38 heavy (non-hydrogen) atoms. The van der Waals surface area contributed by atoms with Crippen LogP contribution >= 0.6 is 0 Å². The molecule has 1 aliphatic heterocycles. The summed E-state index contributed by atoms with van der Waals surface area (Å²) >= 11 is 0. The molecule has 9 heteroatoms. The molecule has 0 spiro atoms. The number of nitrogens with zero attached hydrogens (tertiary/aromatic N) is 6. The molecule has 1 aliphatic rings. The van der Waals surface area contributed by atoms with E-state index >= 15 is 4.39 Å². The van der Waals surface area contributed by atoms with Gasteiger partial charge in [-0.1, -0.05) is 18.2 Å². The molecular weight excluding hydrogens is 481 g/mol. The fourth-order valence-corrected chi connectivity index (χ4v) is 5.26. The Hall–Kier alpha value is -4.92. The van der Waals surface area contributed by atoms with Crippen molar-refractivity contribution in [1.82, 2.24) is 29.7 Å². The van der Waals surface area contributed by atoms with Gasteiger partial charge in [-0.15, -0.1) is 0 Å². The molecule has 0 fully saturated rings. The highest BCUT2D eigenvalue weighted by atomic mass is 19.1. The topological polar surface area (TPSA) is 92.6 Å². The van der Waals surface area contributed by atoms with Crippen molar-refractivity contribution in [1.29, 1.82) is 0 Å². The van der Waals surface area contributed by atoms with E-state index in [9.17, 15) is 4.79 Å². The van der Waals surface area contributed by atoms with Gasteiger partial charge in [-0.3, -0.25) is 19.4 Å². The first-order chi connectivity index (χ1) is 18.6. The normalized spacial score (nSPS) is 13.3. The molecule has 5 aromatic heterocycles. The molecule has 0 atom stereocenters. The minimum atomic E-state index is -0.439. The summed E-state index contributed by atoms with van der Waals surface area (Å²) in [7, 11) is 1.85. The number of hydrogen-bond acceptors (Lipinski definition) is 5. The van der Waals surface area contributed by atoms with Gasteiger partial charge in [-0.05, 0) is 48.2 Å². The quantitative estimate of drug-likeness (QED) is 0.354. The highest BCUT2D eigenvalue weighted by molar-refractivity contribution is 6.14. The second-order valence-corrected chi connectivity index (χ2v) is 9.47. The summed E-state index contributed by atoms with van der Waals surface area (Å²) in [6.45, 7) is 0.618. The largest absolute Gasteiger partial charge is 0.338 e. The number of aromatic nitrogens is 6. The first-order valence-corrected chi connectivity index (χ1v) is 12.4. The Morgan fingerprint density at radius 1 is 1.03 bits per heavy atom. The van der Waals surface area contributed by atoms with Crippen LogP contribution in [0.1, 0.15) is 22.3 Å². The average Bonchev–Trinajstić information content (AvgIpc) is 3.55. The molecule has 8 nitrogen and oxygen atoms in total. The Balaban J connectivity index is 1.31. The zero-order chi connectivity index (χ0) is 25.8. The summed E-state index contributed by atoms with van der Waals surface area (Å²) in [5.41, 5.74) is 5.61. The van der Waals surface area contributed by atoms with Crippen LogP contribution in [0.3, 0.4) is 0 Å². The number of aromatic amines is 1. The van der Waals surface area contributed by atoms with Crippen LogP contribution < -0.4 is 4.90 Å². The third-order valence-corrected chi connectivity index (χ3v) is 7.08. The molecule has 0 unspecified atom stereocenters. The zero-order valence-electron chi connectivity index (χ0n) is 20.5. The number of aryl methyl sites for hydroxylation is 2. The van der Waals surface area contributed by atoms with E-state index in [4.69, 9.17) is 0 Å². The molecular formula is C29H22FN7O. The van der Waals surface area contributed by atoms with Crippen molar-refractivity contribution in [3.8, 4) is 22.4 Å². The summed E-state index contributed by atoms with van der Waals surface area (Å²) in [5, 5.41) is 5.71. The van der Waals surface area contributed by atoms with Gasteiger partial charge in [0.25, 0.3) is 5.91 Å². The zero-order valence-corrected chi connectivity index (χ0v) is 20.5. The molecule has 0 radical (unpaired) electrons. The lowest BCUT2D eigenvalue weighted by molar-refractivity contribution is 0.0984. The Bertz CT molecular complexity index is 1860. The predicted molar refractivity (Wildman–Crippen MR) is 143 cm³/mol. The monoisotopic (exact) mass is 503 g/mol. The van der Waals surface area contributed by atoms with Crippen LogP contribution in [0.4, 0.5) is 10.2 Å².